The van der Waals surface area contributed by atoms with E-state index in [1.54, 1.807) is 0 Å². The molecule has 1 aromatic carbocycles. The Morgan fingerprint density at radius 1 is 1.30 bits per heavy atom. The van der Waals surface area contributed by atoms with Gasteiger partial charge in [0.2, 0.25) is 0 Å². The predicted octanol–water partition coefficient (Wildman–Crippen LogP) is 3.42. The number of hydrogen-bond donors (Lipinski definition) is 0. The van der Waals surface area contributed by atoms with Gasteiger partial charge in [0.05, 0.1) is 0 Å². The lowest BCUT2D eigenvalue weighted by Crippen LogP contribution is -2.43. The standard InChI is InChI=1S/C14H8F4N2O3/c15-13(8-19)11(2-1-3-12(13)20(21)22)9-4-6-10(7-5-9)23-14(16,17)18/h1-7,12H. The molecule has 2 rings (SSSR count). The second-order valence-corrected chi connectivity index (χ2v) is 4.59. The molecule has 0 N–H and O–H groups in total. The van der Waals surface area contributed by atoms with E-state index in [0.29, 0.717) is 0 Å². The van der Waals surface area contributed by atoms with Crippen molar-refractivity contribution in [2.45, 2.75) is 18.1 Å². The topological polar surface area (TPSA) is 76.2 Å². The zero-order valence-electron chi connectivity index (χ0n) is 11.2. The largest absolute Gasteiger partial charge is 0.573 e. The van der Waals surface area contributed by atoms with Crippen LogP contribution in [0, 0.1) is 21.4 Å². The third kappa shape index (κ3) is 3.31. The molecular formula is C14H8F4N2O3. The highest BCUT2D eigenvalue weighted by Crippen LogP contribution is 2.38. The Morgan fingerprint density at radius 2 is 1.91 bits per heavy atom. The molecule has 1 aromatic rings. The minimum absolute atomic E-state index is 0.0415. The number of nitrogens with zero attached hydrogens (tertiary/aromatic N) is 2. The zero-order valence-corrected chi connectivity index (χ0v) is 11.2. The molecule has 0 aliphatic heterocycles. The summed E-state index contributed by atoms with van der Waals surface area (Å²) in [5, 5.41) is 19.9. The summed E-state index contributed by atoms with van der Waals surface area (Å²) in [5.41, 5.74) is -3.19. The van der Waals surface area contributed by atoms with Crippen molar-refractivity contribution in [2.75, 3.05) is 0 Å². The van der Waals surface area contributed by atoms with Crippen molar-refractivity contribution in [1.82, 2.24) is 0 Å². The predicted molar refractivity (Wildman–Crippen MR) is 70.5 cm³/mol. The molecule has 0 radical (unpaired) electrons. The molecule has 0 spiro atoms. The summed E-state index contributed by atoms with van der Waals surface area (Å²) in [5.74, 6) is -0.527. The third-order valence-corrected chi connectivity index (χ3v) is 3.14. The van der Waals surface area contributed by atoms with Gasteiger partial charge in [-0.25, -0.2) is 4.39 Å². The second kappa shape index (κ2) is 5.72. The first-order chi connectivity index (χ1) is 10.7. The van der Waals surface area contributed by atoms with Crippen molar-refractivity contribution < 1.29 is 27.2 Å². The lowest BCUT2D eigenvalue weighted by atomic mass is 9.82. The SMILES string of the molecule is N#CC1(F)C(c2ccc(OC(F)(F)F)cc2)=CC=CC1[N+](=O)[O-]. The van der Waals surface area contributed by atoms with Crippen LogP contribution in [0.3, 0.4) is 0 Å². The van der Waals surface area contributed by atoms with Crippen molar-refractivity contribution in [3.8, 4) is 11.8 Å². The molecule has 1 aliphatic carbocycles. The first-order valence-corrected chi connectivity index (χ1v) is 6.16. The van der Waals surface area contributed by atoms with Gasteiger partial charge in [-0.1, -0.05) is 24.3 Å². The molecule has 5 nitrogen and oxygen atoms in total. The normalized spacial score (nSPS) is 23.8. The Bertz CT molecular complexity index is 719. The van der Waals surface area contributed by atoms with Crippen LogP contribution in [0.4, 0.5) is 17.6 Å². The number of ether oxygens (including phenoxy) is 1. The first kappa shape index (κ1) is 16.5. The van der Waals surface area contributed by atoms with Gasteiger partial charge in [-0.3, -0.25) is 10.1 Å². The zero-order chi connectivity index (χ0) is 17.3. The van der Waals surface area contributed by atoms with E-state index < -0.39 is 28.7 Å². The first-order valence-electron chi connectivity index (χ1n) is 6.16. The average Bonchev–Trinajstić information content (AvgIpc) is 2.46. The molecule has 2 atom stereocenters. The minimum atomic E-state index is -4.87. The highest BCUT2D eigenvalue weighted by Gasteiger charge is 2.51. The molecule has 0 saturated heterocycles. The van der Waals surface area contributed by atoms with Crippen molar-refractivity contribution in [3.63, 3.8) is 0 Å². The summed E-state index contributed by atoms with van der Waals surface area (Å²) in [6.45, 7) is 0. The van der Waals surface area contributed by atoms with Crippen LogP contribution in [0.5, 0.6) is 5.75 Å². The molecule has 120 valence electrons. The number of nitriles is 1. The van der Waals surface area contributed by atoms with Crippen molar-refractivity contribution >= 4 is 5.57 Å². The quantitative estimate of drug-likeness (QED) is 0.484. The summed E-state index contributed by atoms with van der Waals surface area (Å²) in [6, 6.07) is 3.42. The molecule has 0 aromatic heterocycles. The van der Waals surface area contributed by atoms with Gasteiger partial charge in [0, 0.05) is 10.5 Å². The van der Waals surface area contributed by atoms with E-state index in [2.05, 4.69) is 4.74 Å². The van der Waals surface area contributed by atoms with Gasteiger partial charge >= 0.3 is 6.36 Å². The smallest absolute Gasteiger partial charge is 0.406 e. The van der Waals surface area contributed by atoms with E-state index in [0.717, 1.165) is 30.3 Å². The van der Waals surface area contributed by atoms with Gasteiger partial charge in [0.25, 0.3) is 11.7 Å². The fraction of sp³-hybridized carbons (Fsp3) is 0.214. The van der Waals surface area contributed by atoms with Crippen LogP contribution in [0.1, 0.15) is 5.56 Å². The van der Waals surface area contributed by atoms with Crippen LogP contribution < -0.4 is 4.74 Å². The Morgan fingerprint density at radius 3 is 2.39 bits per heavy atom. The van der Waals surface area contributed by atoms with Gasteiger partial charge in [-0.05, 0) is 23.8 Å². The van der Waals surface area contributed by atoms with Gasteiger partial charge < -0.3 is 4.74 Å². The summed E-state index contributed by atoms with van der Waals surface area (Å²) in [7, 11) is 0. The lowest BCUT2D eigenvalue weighted by molar-refractivity contribution is -0.520. The maximum atomic E-state index is 14.8. The van der Waals surface area contributed by atoms with Crippen LogP contribution in [-0.2, 0) is 0 Å². The van der Waals surface area contributed by atoms with Crippen molar-refractivity contribution in [2.24, 2.45) is 0 Å². The lowest BCUT2D eigenvalue weighted by Gasteiger charge is -2.25. The average molecular weight is 328 g/mol. The van der Waals surface area contributed by atoms with E-state index >= 15 is 0 Å². The van der Waals surface area contributed by atoms with E-state index in [1.807, 2.05) is 0 Å². The minimum Gasteiger partial charge on any atom is -0.406 e. The molecule has 0 amide bonds. The van der Waals surface area contributed by atoms with Gasteiger partial charge in [-0.15, -0.1) is 13.2 Å². The van der Waals surface area contributed by atoms with Crippen LogP contribution in [0.25, 0.3) is 5.57 Å². The Labute approximate surface area is 127 Å². The molecule has 1 aliphatic rings. The van der Waals surface area contributed by atoms with Gasteiger partial charge in [-0.2, -0.15) is 5.26 Å². The number of benzene rings is 1. The molecule has 0 saturated carbocycles. The number of nitro groups is 1. The number of allylic oxidation sites excluding steroid dienone is 2. The van der Waals surface area contributed by atoms with Crippen molar-refractivity contribution in [3.05, 3.63) is 58.2 Å². The van der Waals surface area contributed by atoms with Crippen LogP contribution in [-0.4, -0.2) is 23.0 Å². The number of alkyl halides is 4. The maximum absolute atomic E-state index is 14.8. The molecular weight excluding hydrogens is 320 g/mol. The van der Waals surface area contributed by atoms with E-state index in [4.69, 9.17) is 5.26 Å². The van der Waals surface area contributed by atoms with Crippen molar-refractivity contribution in [1.29, 1.82) is 5.26 Å². The van der Waals surface area contributed by atoms with Crippen LogP contribution in [0.2, 0.25) is 0 Å². The van der Waals surface area contributed by atoms with Gasteiger partial charge in [0.1, 0.15) is 11.8 Å². The van der Waals surface area contributed by atoms with Crippen LogP contribution in [0.15, 0.2) is 42.5 Å². The Kier molecular flexibility index (Phi) is 4.10. The summed E-state index contributed by atoms with van der Waals surface area (Å²) >= 11 is 0. The van der Waals surface area contributed by atoms with Gasteiger partial charge in [0.15, 0.2) is 0 Å². The third-order valence-electron chi connectivity index (χ3n) is 3.14. The van der Waals surface area contributed by atoms with Crippen LogP contribution >= 0.6 is 0 Å². The fourth-order valence-electron chi connectivity index (χ4n) is 2.15. The highest BCUT2D eigenvalue weighted by molar-refractivity contribution is 5.78. The number of halogens is 4. The molecule has 9 heteroatoms. The molecule has 0 bridgehead atoms. The molecule has 2 unspecified atom stereocenters. The number of rotatable bonds is 3. The fourth-order valence-corrected chi connectivity index (χ4v) is 2.15. The molecule has 23 heavy (non-hydrogen) atoms. The maximum Gasteiger partial charge on any atom is 0.573 e. The van der Waals surface area contributed by atoms with E-state index in [1.165, 1.54) is 18.2 Å². The molecule has 0 heterocycles. The summed E-state index contributed by atoms with van der Waals surface area (Å²) < 4.78 is 54.8. The Balaban J connectivity index is 2.37. The van der Waals surface area contributed by atoms with E-state index in [-0.39, 0.29) is 11.1 Å². The second-order valence-electron chi connectivity index (χ2n) is 4.59. The highest BCUT2D eigenvalue weighted by atomic mass is 19.4. The summed E-state index contributed by atoms with van der Waals surface area (Å²) in [6.07, 6.45) is -1.55. The van der Waals surface area contributed by atoms with E-state index in [9.17, 15) is 27.7 Å². The Hall–Kier alpha value is -2.89. The summed E-state index contributed by atoms with van der Waals surface area (Å²) in [4.78, 5) is 9.97. The molecule has 0 fully saturated rings. The monoisotopic (exact) mass is 328 g/mol. The number of hydrogen-bond acceptors (Lipinski definition) is 4.